The van der Waals surface area contributed by atoms with Crippen LogP contribution < -0.4 is 16.0 Å². The Morgan fingerprint density at radius 1 is 1.00 bits per heavy atom. The average molecular weight is 415 g/mol. The SMILES string of the molecule is COc1ccc(-n2c(C)cn3c4c(=O)n(Cc5ccccc5)c(=O)n(C)c4nc23)cc1. The van der Waals surface area contributed by atoms with Crippen LogP contribution in [-0.4, -0.2) is 30.2 Å². The van der Waals surface area contributed by atoms with E-state index in [1.165, 1.54) is 9.13 Å². The third-order valence-electron chi connectivity index (χ3n) is 5.54. The summed E-state index contributed by atoms with van der Waals surface area (Å²) in [6.45, 7) is 2.16. The van der Waals surface area contributed by atoms with Crippen molar-refractivity contribution in [2.24, 2.45) is 7.05 Å². The number of hydrogen-bond donors (Lipinski definition) is 0. The van der Waals surface area contributed by atoms with Crippen molar-refractivity contribution in [3.05, 3.63) is 92.9 Å². The molecule has 0 radical (unpaired) electrons. The number of fused-ring (bicyclic) bond motifs is 3. The van der Waals surface area contributed by atoms with Crippen molar-refractivity contribution in [3.63, 3.8) is 0 Å². The lowest BCUT2D eigenvalue weighted by molar-refractivity contribution is 0.415. The summed E-state index contributed by atoms with van der Waals surface area (Å²) in [6, 6.07) is 17.1. The molecule has 0 unspecified atom stereocenters. The van der Waals surface area contributed by atoms with E-state index in [0.717, 1.165) is 22.7 Å². The minimum atomic E-state index is -0.394. The van der Waals surface area contributed by atoms with Crippen LogP contribution in [0.25, 0.3) is 22.6 Å². The molecule has 5 aromatic rings. The second kappa shape index (κ2) is 7.02. The maximum absolute atomic E-state index is 13.4. The fraction of sp³-hybridized carbons (Fsp3) is 0.174. The molecule has 0 atom stereocenters. The predicted octanol–water partition coefficient (Wildman–Crippen LogP) is 2.50. The molecule has 0 aliphatic carbocycles. The fourth-order valence-corrected chi connectivity index (χ4v) is 3.97. The number of hydrogen-bond acceptors (Lipinski definition) is 4. The monoisotopic (exact) mass is 415 g/mol. The molecule has 0 amide bonds. The van der Waals surface area contributed by atoms with Crippen LogP contribution in [0.15, 0.2) is 70.4 Å². The number of nitrogens with zero attached hydrogens (tertiary/aromatic N) is 5. The molecule has 5 rings (SSSR count). The highest BCUT2D eigenvalue weighted by molar-refractivity contribution is 5.76. The molecule has 0 saturated carbocycles. The van der Waals surface area contributed by atoms with E-state index in [1.54, 1.807) is 18.6 Å². The molecule has 0 aliphatic heterocycles. The van der Waals surface area contributed by atoms with E-state index in [9.17, 15) is 9.59 Å². The van der Waals surface area contributed by atoms with Crippen LogP contribution in [0, 0.1) is 6.92 Å². The van der Waals surface area contributed by atoms with Gasteiger partial charge >= 0.3 is 5.69 Å². The predicted molar refractivity (Wildman–Crippen MR) is 118 cm³/mol. The molecule has 8 nitrogen and oxygen atoms in total. The van der Waals surface area contributed by atoms with Gasteiger partial charge in [0.1, 0.15) is 5.75 Å². The van der Waals surface area contributed by atoms with Crippen LogP contribution in [0.1, 0.15) is 11.3 Å². The first-order valence-electron chi connectivity index (χ1n) is 9.88. The van der Waals surface area contributed by atoms with Crippen molar-refractivity contribution in [1.82, 2.24) is 23.1 Å². The van der Waals surface area contributed by atoms with Gasteiger partial charge in [-0.25, -0.2) is 4.79 Å². The maximum Gasteiger partial charge on any atom is 0.332 e. The molecule has 2 aromatic carbocycles. The van der Waals surface area contributed by atoms with Crippen LogP contribution in [-0.2, 0) is 13.6 Å². The van der Waals surface area contributed by atoms with Gasteiger partial charge in [-0.2, -0.15) is 4.98 Å². The van der Waals surface area contributed by atoms with Gasteiger partial charge in [-0.05, 0) is 36.8 Å². The summed E-state index contributed by atoms with van der Waals surface area (Å²) in [5, 5.41) is 0. The molecule has 156 valence electrons. The number of ether oxygens (including phenoxy) is 1. The summed E-state index contributed by atoms with van der Waals surface area (Å²) in [5.74, 6) is 1.33. The Morgan fingerprint density at radius 3 is 2.39 bits per heavy atom. The van der Waals surface area contributed by atoms with Crippen LogP contribution in [0.2, 0.25) is 0 Å². The van der Waals surface area contributed by atoms with Crippen molar-refractivity contribution in [1.29, 1.82) is 0 Å². The average Bonchev–Trinajstić information content (AvgIpc) is 3.30. The number of aryl methyl sites for hydroxylation is 2. The summed E-state index contributed by atoms with van der Waals surface area (Å²) >= 11 is 0. The second-order valence-electron chi connectivity index (χ2n) is 7.48. The molecule has 0 bridgehead atoms. The Bertz CT molecular complexity index is 1540. The molecule has 0 fully saturated rings. The summed E-state index contributed by atoms with van der Waals surface area (Å²) in [4.78, 5) is 31.0. The molecule has 0 N–H and O–H groups in total. The van der Waals surface area contributed by atoms with E-state index in [1.807, 2.05) is 72.3 Å². The Morgan fingerprint density at radius 2 is 1.71 bits per heavy atom. The molecular weight excluding hydrogens is 394 g/mol. The summed E-state index contributed by atoms with van der Waals surface area (Å²) in [6.07, 6.45) is 1.87. The number of rotatable bonds is 4. The van der Waals surface area contributed by atoms with E-state index in [2.05, 4.69) is 4.98 Å². The van der Waals surface area contributed by atoms with Crippen LogP contribution in [0.3, 0.4) is 0 Å². The van der Waals surface area contributed by atoms with E-state index in [4.69, 9.17) is 4.74 Å². The minimum Gasteiger partial charge on any atom is -0.497 e. The molecule has 31 heavy (non-hydrogen) atoms. The highest BCUT2D eigenvalue weighted by atomic mass is 16.5. The van der Waals surface area contributed by atoms with Crippen molar-refractivity contribution >= 4 is 16.9 Å². The van der Waals surface area contributed by atoms with Gasteiger partial charge < -0.3 is 4.74 Å². The van der Waals surface area contributed by atoms with Gasteiger partial charge in [0.05, 0.1) is 13.7 Å². The van der Waals surface area contributed by atoms with Crippen LogP contribution in [0.4, 0.5) is 0 Å². The number of imidazole rings is 2. The Labute approximate surface area is 177 Å². The molecule has 3 heterocycles. The van der Waals surface area contributed by atoms with Gasteiger partial charge in [0.2, 0.25) is 5.78 Å². The molecule has 0 spiro atoms. The third-order valence-corrected chi connectivity index (χ3v) is 5.54. The Kier molecular flexibility index (Phi) is 4.28. The topological polar surface area (TPSA) is 75.5 Å². The largest absolute Gasteiger partial charge is 0.497 e. The Hall–Kier alpha value is -4.07. The standard InChI is InChI=1S/C23H21N5O3/c1-15-13-26-19-20(24-22(26)28(15)17-9-11-18(31-3)12-10-17)25(2)23(30)27(21(19)29)14-16-7-5-4-6-8-16/h4-13H,14H2,1-3H3. The van der Waals surface area contributed by atoms with Crippen molar-refractivity contribution in [2.75, 3.05) is 7.11 Å². The maximum atomic E-state index is 13.4. The second-order valence-corrected chi connectivity index (χ2v) is 7.48. The highest BCUT2D eigenvalue weighted by Crippen LogP contribution is 2.22. The number of methoxy groups -OCH3 is 1. The lowest BCUT2D eigenvalue weighted by Gasteiger charge is -2.08. The summed E-state index contributed by atoms with van der Waals surface area (Å²) < 4.78 is 11.6. The quantitative estimate of drug-likeness (QED) is 0.452. The zero-order chi connectivity index (χ0) is 21.7. The molecule has 0 saturated heterocycles. The first-order valence-corrected chi connectivity index (χ1v) is 9.88. The molecule has 0 aliphatic rings. The van der Waals surface area contributed by atoms with Crippen molar-refractivity contribution in [2.45, 2.75) is 13.5 Å². The molecular formula is C23H21N5O3. The zero-order valence-electron chi connectivity index (χ0n) is 17.4. The normalized spacial score (nSPS) is 11.5. The Balaban J connectivity index is 1.77. The first-order chi connectivity index (χ1) is 15.0. The summed E-state index contributed by atoms with van der Waals surface area (Å²) in [5.41, 5.74) is 2.67. The lowest BCUT2D eigenvalue weighted by Crippen LogP contribution is -2.39. The third kappa shape index (κ3) is 2.87. The smallest absolute Gasteiger partial charge is 0.332 e. The molecule has 8 heteroatoms. The van der Waals surface area contributed by atoms with E-state index in [-0.39, 0.29) is 12.1 Å². The van der Waals surface area contributed by atoms with Gasteiger partial charge in [-0.15, -0.1) is 0 Å². The highest BCUT2D eigenvalue weighted by Gasteiger charge is 2.20. The molecule has 3 aromatic heterocycles. The first kappa shape index (κ1) is 18.9. The number of benzene rings is 2. The minimum absolute atomic E-state index is 0.202. The number of aromatic nitrogens is 5. The van der Waals surface area contributed by atoms with Crippen LogP contribution in [0.5, 0.6) is 5.75 Å². The van der Waals surface area contributed by atoms with Gasteiger partial charge in [0.15, 0.2) is 11.2 Å². The van der Waals surface area contributed by atoms with E-state index in [0.29, 0.717) is 16.9 Å². The van der Waals surface area contributed by atoms with Crippen molar-refractivity contribution in [3.8, 4) is 11.4 Å². The fourth-order valence-electron chi connectivity index (χ4n) is 3.97. The van der Waals surface area contributed by atoms with E-state index >= 15 is 0 Å². The van der Waals surface area contributed by atoms with Gasteiger partial charge in [-0.1, -0.05) is 30.3 Å². The summed E-state index contributed by atoms with van der Waals surface area (Å²) in [7, 11) is 3.26. The van der Waals surface area contributed by atoms with E-state index < -0.39 is 5.69 Å². The zero-order valence-corrected chi connectivity index (χ0v) is 17.4. The van der Waals surface area contributed by atoms with Crippen LogP contribution >= 0.6 is 0 Å². The van der Waals surface area contributed by atoms with Crippen molar-refractivity contribution < 1.29 is 4.74 Å². The van der Waals surface area contributed by atoms with Gasteiger partial charge in [0.25, 0.3) is 5.56 Å². The van der Waals surface area contributed by atoms with Gasteiger partial charge in [0, 0.05) is 24.6 Å². The van der Waals surface area contributed by atoms with Gasteiger partial charge in [-0.3, -0.25) is 22.9 Å². The lowest BCUT2D eigenvalue weighted by atomic mass is 10.2.